The van der Waals surface area contributed by atoms with E-state index in [0.717, 1.165) is 4.47 Å². The van der Waals surface area contributed by atoms with Crippen LogP contribution in [-0.2, 0) is 4.79 Å². The van der Waals surface area contributed by atoms with Crippen molar-refractivity contribution in [2.75, 3.05) is 18.0 Å². The predicted molar refractivity (Wildman–Crippen MR) is 103 cm³/mol. The fourth-order valence-electron chi connectivity index (χ4n) is 2.85. The number of rotatable bonds is 2. The van der Waals surface area contributed by atoms with E-state index in [1.807, 2.05) is 12.1 Å². The molecular weight excluding hydrogens is 427 g/mol. The minimum absolute atomic E-state index is 0.157. The molecule has 7 heteroatoms. The van der Waals surface area contributed by atoms with Crippen molar-refractivity contribution in [3.8, 4) is 0 Å². The first-order valence-corrected chi connectivity index (χ1v) is 9.26. The number of amides is 2. The number of halogens is 3. The molecule has 0 N–H and O–H groups in total. The summed E-state index contributed by atoms with van der Waals surface area (Å²) in [5, 5.41) is 0.930. The van der Waals surface area contributed by atoms with Gasteiger partial charge in [-0.15, -0.1) is 0 Å². The number of carbonyl (C=O) groups excluding carboxylic acids is 2. The summed E-state index contributed by atoms with van der Waals surface area (Å²) in [7, 11) is 0. The largest absolute Gasteiger partial charge is 0.325 e. The molecule has 4 nitrogen and oxygen atoms in total. The van der Waals surface area contributed by atoms with Gasteiger partial charge in [-0.3, -0.25) is 9.59 Å². The highest BCUT2D eigenvalue weighted by atomic mass is 79.9. The first-order chi connectivity index (χ1) is 11.9. The highest BCUT2D eigenvalue weighted by Crippen LogP contribution is 2.31. The Balaban J connectivity index is 1.81. The molecule has 1 aliphatic rings. The molecule has 0 bridgehead atoms. The van der Waals surface area contributed by atoms with Gasteiger partial charge in [-0.1, -0.05) is 39.1 Å². The molecule has 3 rings (SSSR count). The van der Waals surface area contributed by atoms with Crippen LogP contribution in [0.25, 0.3) is 0 Å². The zero-order valence-corrected chi connectivity index (χ0v) is 16.5. The highest BCUT2D eigenvalue weighted by molar-refractivity contribution is 9.10. The van der Waals surface area contributed by atoms with Crippen LogP contribution in [0.15, 0.2) is 46.9 Å². The quantitative estimate of drug-likeness (QED) is 0.681. The second-order valence-corrected chi connectivity index (χ2v) is 7.53. The van der Waals surface area contributed by atoms with Gasteiger partial charge in [0.05, 0.1) is 10.7 Å². The van der Waals surface area contributed by atoms with E-state index in [0.29, 0.717) is 34.4 Å². The fraction of sp³-hybridized carbons (Fsp3) is 0.222. The second-order valence-electron chi connectivity index (χ2n) is 5.77. The van der Waals surface area contributed by atoms with E-state index in [9.17, 15) is 9.59 Å². The van der Waals surface area contributed by atoms with E-state index in [2.05, 4.69) is 15.9 Å². The zero-order valence-electron chi connectivity index (χ0n) is 13.4. The van der Waals surface area contributed by atoms with E-state index in [4.69, 9.17) is 23.2 Å². The lowest BCUT2D eigenvalue weighted by molar-refractivity contribution is -0.124. The molecule has 1 fully saturated rings. The molecule has 0 aromatic heterocycles. The average Bonchev–Trinajstić information content (AvgIpc) is 2.58. The van der Waals surface area contributed by atoms with Crippen molar-refractivity contribution in [2.45, 2.75) is 13.0 Å². The van der Waals surface area contributed by atoms with E-state index in [1.165, 1.54) is 0 Å². The third-order valence-electron chi connectivity index (χ3n) is 4.21. The van der Waals surface area contributed by atoms with Crippen LogP contribution in [0.1, 0.15) is 17.3 Å². The van der Waals surface area contributed by atoms with Crippen LogP contribution in [0.5, 0.6) is 0 Å². The topological polar surface area (TPSA) is 40.6 Å². The van der Waals surface area contributed by atoms with Crippen LogP contribution in [0, 0.1) is 0 Å². The number of anilines is 1. The van der Waals surface area contributed by atoms with E-state index >= 15 is 0 Å². The third-order valence-corrected chi connectivity index (χ3v) is 5.27. The molecule has 0 aliphatic carbocycles. The molecule has 1 aliphatic heterocycles. The number of piperazine rings is 1. The molecule has 0 saturated carbocycles. The summed E-state index contributed by atoms with van der Waals surface area (Å²) < 4.78 is 0.898. The molecular formula is C18H15BrCl2N2O2. The Morgan fingerprint density at radius 3 is 2.44 bits per heavy atom. The summed E-state index contributed by atoms with van der Waals surface area (Å²) in [6.07, 6.45) is 0. The zero-order chi connectivity index (χ0) is 18.1. The number of hydrogen-bond donors (Lipinski definition) is 0. The molecule has 1 heterocycles. The molecule has 1 unspecified atom stereocenters. The standard InChI is InChI=1S/C18H15BrCl2N2O2/c1-11-17(24)23(16-7-6-14(20)10-15(16)21)9-8-22(11)18(25)12-2-4-13(19)5-3-12/h2-7,10-11H,8-9H2,1H3. The van der Waals surface area contributed by atoms with Gasteiger partial charge in [0.1, 0.15) is 6.04 Å². The normalized spacial score (nSPS) is 17.8. The van der Waals surface area contributed by atoms with Gasteiger partial charge in [-0.2, -0.15) is 0 Å². The molecule has 130 valence electrons. The third kappa shape index (κ3) is 3.68. The van der Waals surface area contributed by atoms with E-state index < -0.39 is 6.04 Å². The monoisotopic (exact) mass is 440 g/mol. The Morgan fingerprint density at radius 2 is 1.80 bits per heavy atom. The van der Waals surface area contributed by atoms with Gasteiger partial charge in [0, 0.05) is 28.1 Å². The number of carbonyl (C=O) groups is 2. The van der Waals surface area contributed by atoms with Gasteiger partial charge in [0.25, 0.3) is 5.91 Å². The van der Waals surface area contributed by atoms with Crippen molar-refractivity contribution in [3.05, 3.63) is 62.5 Å². The number of benzene rings is 2. The molecule has 2 amide bonds. The average molecular weight is 442 g/mol. The molecule has 0 spiro atoms. The highest BCUT2D eigenvalue weighted by Gasteiger charge is 2.36. The Morgan fingerprint density at radius 1 is 1.12 bits per heavy atom. The lowest BCUT2D eigenvalue weighted by Crippen LogP contribution is -2.57. The number of nitrogens with zero attached hydrogens (tertiary/aromatic N) is 2. The summed E-state index contributed by atoms with van der Waals surface area (Å²) in [5.74, 6) is -0.323. The molecule has 2 aromatic carbocycles. The maximum absolute atomic E-state index is 12.8. The van der Waals surface area contributed by atoms with E-state index in [1.54, 1.807) is 47.1 Å². The smallest absolute Gasteiger partial charge is 0.254 e. The first-order valence-electron chi connectivity index (χ1n) is 7.71. The van der Waals surface area contributed by atoms with Crippen LogP contribution in [0.4, 0.5) is 5.69 Å². The van der Waals surface area contributed by atoms with Gasteiger partial charge >= 0.3 is 0 Å². The summed E-state index contributed by atoms with van der Waals surface area (Å²) in [5.41, 5.74) is 1.17. The minimum atomic E-state index is -0.573. The van der Waals surface area contributed by atoms with Crippen molar-refractivity contribution in [2.24, 2.45) is 0 Å². The second kappa shape index (κ2) is 7.36. The Kier molecular flexibility index (Phi) is 5.37. The lowest BCUT2D eigenvalue weighted by atomic mass is 10.1. The van der Waals surface area contributed by atoms with Crippen molar-refractivity contribution >= 4 is 56.6 Å². The van der Waals surface area contributed by atoms with Crippen LogP contribution >= 0.6 is 39.1 Å². The maximum atomic E-state index is 12.8. The SMILES string of the molecule is CC1C(=O)N(c2ccc(Cl)cc2Cl)CCN1C(=O)c1ccc(Br)cc1. The fourth-order valence-corrected chi connectivity index (χ4v) is 3.62. The Hall–Kier alpha value is -1.56. The van der Waals surface area contributed by atoms with Gasteiger partial charge in [0.2, 0.25) is 5.91 Å². The van der Waals surface area contributed by atoms with Gasteiger partial charge < -0.3 is 9.80 Å². The van der Waals surface area contributed by atoms with Crippen LogP contribution in [0.3, 0.4) is 0 Å². The maximum Gasteiger partial charge on any atom is 0.254 e. The Bertz CT molecular complexity index is 826. The first kappa shape index (κ1) is 18.2. The molecule has 25 heavy (non-hydrogen) atoms. The van der Waals surface area contributed by atoms with Crippen molar-refractivity contribution in [1.29, 1.82) is 0 Å². The molecule has 2 aromatic rings. The summed E-state index contributed by atoms with van der Waals surface area (Å²) in [4.78, 5) is 28.7. The summed E-state index contributed by atoms with van der Waals surface area (Å²) in [6, 6.07) is 11.6. The van der Waals surface area contributed by atoms with Gasteiger partial charge in [-0.25, -0.2) is 0 Å². The minimum Gasteiger partial charge on any atom is -0.325 e. The van der Waals surface area contributed by atoms with Crippen molar-refractivity contribution in [1.82, 2.24) is 4.90 Å². The Labute approximate surface area is 164 Å². The molecule has 1 atom stereocenters. The van der Waals surface area contributed by atoms with Crippen LogP contribution in [-0.4, -0.2) is 35.8 Å². The van der Waals surface area contributed by atoms with Gasteiger partial charge in [-0.05, 0) is 49.4 Å². The molecule has 0 radical (unpaired) electrons. The number of hydrogen-bond acceptors (Lipinski definition) is 2. The van der Waals surface area contributed by atoms with Crippen LogP contribution < -0.4 is 4.90 Å². The summed E-state index contributed by atoms with van der Waals surface area (Å²) in [6.45, 7) is 2.54. The lowest BCUT2D eigenvalue weighted by Gasteiger charge is -2.39. The van der Waals surface area contributed by atoms with Gasteiger partial charge in [0.15, 0.2) is 0 Å². The van der Waals surface area contributed by atoms with Crippen LogP contribution in [0.2, 0.25) is 10.0 Å². The van der Waals surface area contributed by atoms with E-state index in [-0.39, 0.29) is 11.8 Å². The predicted octanol–water partition coefficient (Wildman–Crippen LogP) is 4.63. The molecule has 1 saturated heterocycles. The summed E-state index contributed by atoms with van der Waals surface area (Å²) >= 11 is 15.5. The van der Waals surface area contributed by atoms with Crippen molar-refractivity contribution < 1.29 is 9.59 Å². The van der Waals surface area contributed by atoms with Crippen molar-refractivity contribution in [3.63, 3.8) is 0 Å².